The highest BCUT2D eigenvalue weighted by Gasteiger charge is 2.43. The fraction of sp³-hybridized carbons (Fsp3) is 0.0196. The predicted octanol–water partition coefficient (Wildman–Crippen LogP) is 12.9. The molecule has 52 heavy (non-hydrogen) atoms. The smallest absolute Gasteiger partial charge is 0.108 e. The van der Waals surface area contributed by atoms with Crippen LogP contribution in [0.15, 0.2) is 212 Å². The van der Waals surface area contributed by atoms with E-state index in [1.54, 1.807) is 0 Å². The summed E-state index contributed by atoms with van der Waals surface area (Å²) < 4.78 is 0. The predicted molar refractivity (Wildman–Crippen MR) is 217 cm³/mol. The first-order valence-corrected chi connectivity index (χ1v) is 17.8. The Balaban J connectivity index is 1.14. The third-order valence-electron chi connectivity index (χ3n) is 10.1. The van der Waals surface area contributed by atoms with E-state index in [4.69, 9.17) is 0 Å². The van der Waals surface area contributed by atoms with Crippen molar-refractivity contribution in [1.82, 2.24) is 0 Å². The number of hydrogen-bond donors (Lipinski definition) is 0. The van der Waals surface area contributed by atoms with Crippen molar-refractivity contribution in [2.24, 2.45) is 0 Å². The first kappa shape index (κ1) is 31.1. The van der Waals surface area contributed by atoms with Gasteiger partial charge in [-0.2, -0.15) is 0 Å². The summed E-state index contributed by atoms with van der Waals surface area (Å²) in [6.45, 7) is 0. The molecule has 9 rings (SSSR count). The van der Waals surface area contributed by atoms with Gasteiger partial charge in [0.15, 0.2) is 0 Å². The van der Waals surface area contributed by atoms with Gasteiger partial charge in [0.25, 0.3) is 0 Å². The van der Waals surface area contributed by atoms with Crippen molar-refractivity contribution >= 4 is 17.1 Å². The molecule has 1 nitrogen and oxygen atoms in total. The van der Waals surface area contributed by atoms with E-state index in [0.717, 1.165) is 28.2 Å². The number of rotatable bonds is 6. The van der Waals surface area contributed by atoms with Crippen LogP contribution in [0.4, 0.5) is 17.1 Å². The molecule has 0 saturated carbocycles. The van der Waals surface area contributed by atoms with Crippen LogP contribution in [-0.4, -0.2) is 0 Å². The van der Waals surface area contributed by atoms with Crippen molar-refractivity contribution in [2.45, 2.75) is 5.41 Å². The second-order valence-corrected chi connectivity index (χ2v) is 13.2. The zero-order valence-corrected chi connectivity index (χ0v) is 28.7. The second-order valence-electron chi connectivity index (χ2n) is 13.2. The van der Waals surface area contributed by atoms with Crippen LogP contribution >= 0.6 is 0 Å². The summed E-state index contributed by atoms with van der Waals surface area (Å²) in [6, 6.07) is 75.6. The van der Waals surface area contributed by atoms with E-state index < -0.39 is 5.41 Å². The summed E-state index contributed by atoms with van der Waals surface area (Å²) in [7, 11) is 0. The van der Waals surface area contributed by atoms with Crippen molar-refractivity contribution < 1.29 is 0 Å². The van der Waals surface area contributed by atoms with E-state index >= 15 is 0 Å². The van der Waals surface area contributed by atoms with Crippen molar-refractivity contribution in [3.8, 4) is 45.2 Å². The van der Waals surface area contributed by atoms with E-state index in [9.17, 15) is 0 Å². The molecule has 1 heteroatoms. The molecule has 1 aliphatic rings. The largest absolute Gasteiger partial charge is 0.311 e. The quantitative estimate of drug-likeness (QED) is 0.160. The maximum absolute atomic E-state index is 3.84. The first-order chi connectivity index (χ1) is 25.8. The van der Waals surface area contributed by atoms with Crippen LogP contribution in [0, 0.1) is 11.8 Å². The lowest BCUT2D eigenvalue weighted by Gasteiger charge is -2.28. The average Bonchev–Trinajstić information content (AvgIpc) is 3.52. The maximum Gasteiger partial charge on any atom is 0.108 e. The lowest BCUT2D eigenvalue weighted by molar-refractivity contribution is 0.837. The molecule has 0 amide bonds. The Hall–Kier alpha value is -6.88. The zero-order valence-electron chi connectivity index (χ0n) is 28.7. The Bertz CT molecular complexity index is 2530. The van der Waals surface area contributed by atoms with Gasteiger partial charge in [0.1, 0.15) is 5.41 Å². The molecular weight excluding hydrogens is 627 g/mol. The van der Waals surface area contributed by atoms with Gasteiger partial charge >= 0.3 is 0 Å². The third-order valence-corrected chi connectivity index (χ3v) is 10.1. The van der Waals surface area contributed by atoms with Gasteiger partial charge in [-0.25, -0.2) is 0 Å². The molecule has 0 fully saturated rings. The molecule has 1 atom stereocenters. The highest BCUT2D eigenvalue weighted by molar-refractivity contribution is 5.89. The lowest BCUT2D eigenvalue weighted by Crippen LogP contribution is -2.25. The summed E-state index contributed by atoms with van der Waals surface area (Å²) >= 11 is 0. The Kier molecular flexibility index (Phi) is 8.05. The normalized spacial score (nSPS) is 14.1. The van der Waals surface area contributed by atoms with Crippen molar-refractivity contribution in [3.63, 3.8) is 0 Å². The van der Waals surface area contributed by atoms with Gasteiger partial charge in [-0.05, 0) is 105 Å². The Morgan fingerprint density at radius 3 is 1.46 bits per heavy atom. The SMILES string of the molecule is C(#CC1(c2ccccc2)c2ccccc2-c2ccc(-c3ccc(N(c4ccccc4)c4ccc(-c5ccccc5)cc4)cc3)cc21)c1ccccc1. The summed E-state index contributed by atoms with van der Waals surface area (Å²) in [5.74, 6) is 7.41. The van der Waals surface area contributed by atoms with E-state index in [0.29, 0.717) is 0 Å². The second kappa shape index (κ2) is 13.4. The van der Waals surface area contributed by atoms with Crippen LogP contribution in [0.5, 0.6) is 0 Å². The minimum absolute atomic E-state index is 0.616. The van der Waals surface area contributed by atoms with Crippen LogP contribution in [0.2, 0.25) is 0 Å². The van der Waals surface area contributed by atoms with Gasteiger partial charge in [-0.1, -0.05) is 170 Å². The lowest BCUT2D eigenvalue weighted by atomic mass is 9.72. The van der Waals surface area contributed by atoms with Gasteiger partial charge in [0, 0.05) is 22.6 Å². The summed E-state index contributed by atoms with van der Waals surface area (Å²) in [5, 5.41) is 0. The van der Waals surface area contributed by atoms with Gasteiger partial charge < -0.3 is 4.90 Å². The molecule has 1 unspecified atom stereocenters. The molecule has 0 spiro atoms. The minimum atomic E-state index is -0.616. The molecule has 1 aliphatic carbocycles. The topological polar surface area (TPSA) is 3.24 Å². The van der Waals surface area contributed by atoms with Crippen LogP contribution < -0.4 is 4.90 Å². The van der Waals surface area contributed by atoms with Gasteiger partial charge in [-0.3, -0.25) is 0 Å². The van der Waals surface area contributed by atoms with Crippen LogP contribution in [0.3, 0.4) is 0 Å². The average molecular weight is 662 g/mol. The van der Waals surface area contributed by atoms with E-state index in [-0.39, 0.29) is 0 Å². The van der Waals surface area contributed by atoms with E-state index in [1.165, 1.54) is 44.5 Å². The highest BCUT2D eigenvalue weighted by Crippen LogP contribution is 2.53. The summed E-state index contributed by atoms with van der Waals surface area (Å²) in [6.07, 6.45) is 0. The van der Waals surface area contributed by atoms with Gasteiger partial charge in [-0.15, -0.1) is 0 Å². The molecule has 0 aromatic heterocycles. The van der Waals surface area contributed by atoms with Crippen LogP contribution in [-0.2, 0) is 5.41 Å². The molecule has 0 aliphatic heterocycles. The molecule has 8 aromatic rings. The molecule has 0 radical (unpaired) electrons. The van der Waals surface area contributed by atoms with Crippen molar-refractivity contribution in [3.05, 3.63) is 235 Å². The number of hydrogen-bond acceptors (Lipinski definition) is 1. The van der Waals surface area contributed by atoms with Crippen LogP contribution in [0.25, 0.3) is 33.4 Å². The Labute approximate surface area is 306 Å². The molecule has 0 saturated heterocycles. The molecule has 244 valence electrons. The number of benzene rings is 8. The summed E-state index contributed by atoms with van der Waals surface area (Å²) in [5.41, 5.74) is 14.5. The van der Waals surface area contributed by atoms with Crippen molar-refractivity contribution in [1.29, 1.82) is 0 Å². The zero-order chi connectivity index (χ0) is 34.7. The Morgan fingerprint density at radius 1 is 0.346 bits per heavy atom. The van der Waals surface area contributed by atoms with Gasteiger partial charge in [0.05, 0.1) is 0 Å². The standard InChI is InChI=1S/C51H35N/c1-5-15-38(16-6-1)35-36-51(43-19-9-3-10-20-43)49-24-14-13-23-47(49)48-34-29-42(37-50(48)51)41-27-32-46(33-28-41)52(44-21-11-4-12-22-44)45-30-25-40(26-31-45)39-17-7-2-8-18-39/h1-34,37H. The van der Waals surface area contributed by atoms with Crippen LogP contribution in [0.1, 0.15) is 22.3 Å². The van der Waals surface area contributed by atoms with E-state index in [2.05, 4.69) is 223 Å². The number of nitrogens with zero attached hydrogens (tertiary/aromatic N) is 1. The third kappa shape index (κ3) is 5.58. The molecule has 0 N–H and O–H groups in total. The maximum atomic E-state index is 3.84. The van der Waals surface area contributed by atoms with Crippen molar-refractivity contribution in [2.75, 3.05) is 4.90 Å². The fourth-order valence-electron chi connectivity index (χ4n) is 7.61. The summed E-state index contributed by atoms with van der Waals surface area (Å²) in [4.78, 5) is 2.32. The number of anilines is 3. The molecule has 0 bridgehead atoms. The molecule has 8 aromatic carbocycles. The minimum Gasteiger partial charge on any atom is -0.311 e. The molecular formula is C51H35N. The van der Waals surface area contributed by atoms with Gasteiger partial charge in [0.2, 0.25) is 0 Å². The highest BCUT2D eigenvalue weighted by atomic mass is 15.1. The number of para-hydroxylation sites is 1. The monoisotopic (exact) mass is 661 g/mol. The molecule has 0 heterocycles. The Morgan fingerprint density at radius 2 is 0.808 bits per heavy atom. The first-order valence-electron chi connectivity index (χ1n) is 17.8. The fourth-order valence-corrected chi connectivity index (χ4v) is 7.61. The number of fused-ring (bicyclic) bond motifs is 3. The van der Waals surface area contributed by atoms with E-state index in [1.807, 2.05) is 6.07 Å².